The van der Waals surface area contributed by atoms with Crippen molar-refractivity contribution in [2.75, 3.05) is 129 Å². The first-order chi connectivity index (χ1) is 58.1. The number of nitrogens with zero attached hydrogens (tertiary/aromatic N) is 12. The van der Waals surface area contributed by atoms with Gasteiger partial charge in [0.15, 0.2) is 12.2 Å². The predicted molar refractivity (Wildman–Crippen MR) is 464 cm³/mol. The third-order valence-corrected chi connectivity index (χ3v) is 26.3. The van der Waals surface area contributed by atoms with E-state index in [0.717, 1.165) is 142 Å². The van der Waals surface area contributed by atoms with Crippen LogP contribution in [0.3, 0.4) is 0 Å². The van der Waals surface area contributed by atoms with Crippen molar-refractivity contribution in [2.24, 2.45) is 63.9 Å². The number of aliphatic hydroxyl groups excluding tert-OH is 3. The average Bonchev–Trinajstić information content (AvgIpc) is 1.67. The van der Waals surface area contributed by atoms with Gasteiger partial charge in [0, 0.05) is 133 Å². The van der Waals surface area contributed by atoms with Crippen molar-refractivity contribution in [3.8, 4) is 0 Å². The molecule has 6 heterocycles. The summed E-state index contributed by atoms with van der Waals surface area (Å²) in [5, 5.41) is 45.3. The number of aliphatic carboxylic acids is 2. The van der Waals surface area contributed by atoms with Crippen LogP contribution in [0.15, 0.2) is 121 Å². The summed E-state index contributed by atoms with van der Waals surface area (Å²) >= 11 is 0. The van der Waals surface area contributed by atoms with Crippen LogP contribution >= 0.6 is 0 Å². The zero-order valence-electron chi connectivity index (χ0n) is 73.8. The molecule has 0 aromatic heterocycles. The van der Waals surface area contributed by atoms with E-state index in [1.54, 1.807) is 47.8 Å². The Balaban J connectivity index is 0.000000194. The summed E-state index contributed by atoms with van der Waals surface area (Å²) in [5.74, 6) is 0.288. The molecule has 0 bridgehead atoms. The fraction of sp³-hybridized carbons (Fsp3) is 0.634. The van der Waals surface area contributed by atoms with E-state index in [-0.39, 0.29) is 90.5 Å². The molecule has 10 fully saturated rings. The molecule has 10 aliphatic rings. The molecule has 4 aromatic carbocycles. The van der Waals surface area contributed by atoms with Crippen LogP contribution in [-0.4, -0.2) is 299 Å². The lowest BCUT2D eigenvalue weighted by Gasteiger charge is -2.32. The molecule has 14 rings (SSSR count). The van der Waals surface area contributed by atoms with Crippen molar-refractivity contribution in [1.82, 2.24) is 54.3 Å². The Labute approximate surface area is 721 Å². The number of rotatable bonds is 19. The standard InChI is InChI=1S/2C25H33FN4O2.C18H27N3O2.C17H25N3O.C4H6O6.2C2H6/c2*1-27-22-11-21(26)17-30(22)23(31)9-10-25(12-18-7-5-4-6-8-18)13-19-15-29(16-20(19)14-25)24(32)28(2)3;1-20(2)17(23)21-11-15-9-18(19-13-22,10-16(15)12-21)8-14-6-4-3-5-7-14;1-19(2)16(21)20-11-14-9-17(18,10-15(14)12-20)8-13-6-4-3-5-7-13;5-1(3(7)8)2(6)4(9)10;2*1-2/h2*4-8,19-22H,9-17H2,2-3H3;3-7,15-16,19,22H,8-13H2,1-2H3;3-7,14-15H,8-12,18H2,1-2H3;1-2,5-6H,(H,7,8)(H,9,10);2*1-2H3/t2*19-,20+,21-,22-,25?;15-,16+,18?;14-,15+,17?;;;/m00...../s1. The van der Waals surface area contributed by atoms with Gasteiger partial charge in [-0.2, -0.15) is 0 Å². The second-order valence-corrected chi connectivity index (χ2v) is 36.2. The van der Waals surface area contributed by atoms with Crippen LogP contribution in [0.1, 0.15) is 140 Å². The first kappa shape index (κ1) is 97.9. The highest BCUT2D eigenvalue weighted by Gasteiger charge is 2.55. The summed E-state index contributed by atoms with van der Waals surface area (Å²) in [6.45, 7) is 29.2. The van der Waals surface area contributed by atoms with Gasteiger partial charge in [-0.1, -0.05) is 149 Å². The third-order valence-electron chi connectivity index (χ3n) is 26.3. The Morgan fingerprint density at radius 2 is 0.680 bits per heavy atom. The van der Waals surface area contributed by atoms with Crippen LogP contribution in [0, 0.1) is 71.3 Å². The fourth-order valence-corrected chi connectivity index (χ4v) is 21.2. The van der Waals surface area contributed by atoms with Crippen molar-refractivity contribution >= 4 is 47.9 Å². The molecule has 27 nitrogen and oxygen atoms in total. The van der Waals surface area contributed by atoms with E-state index in [2.05, 4.69) is 87.8 Å². The molecule has 6 saturated heterocycles. The lowest BCUT2D eigenvalue weighted by atomic mass is 9.75. The SMILES string of the molecule is CC.CC.CN(C)C(=O)N1C[C@@H]2CC(Cc3ccccc3)(NCO)C[C@@H]2C1.CN(C)C(=O)N1C[C@@H]2CC(N)(Cc3ccccc3)C[C@@H]2C1.O=C(O)C(O)C(O)C(=O)O.[C-]#[N+][C@@H]1C[C@H](F)CN1C(=O)CCC1(Cc2ccccc2)C[C@H]2CN(C(=O)N(C)C)C[C@H]2C1.[C-]#[N+][C@@H]1C[C@H](F)CN1C(=O)CCC1(Cc2ccccc2)C[C@H]2CN(C(=O)N(C)C)C[C@H]2C1. The number of amides is 10. The number of halogens is 2. The van der Waals surface area contributed by atoms with E-state index < -0.39 is 48.8 Å². The maximum absolute atomic E-state index is 13.8. The van der Waals surface area contributed by atoms with E-state index in [1.165, 1.54) is 32.1 Å². The minimum atomic E-state index is -2.27. The minimum Gasteiger partial charge on any atom is -0.479 e. The first-order valence-electron chi connectivity index (χ1n) is 43.6. The van der Waals surface area contributed by atoms with Crippen LogP contribution in [-0.2, 0) is 44.9 Å². The van der Waals surface area contributed by atoms with Gasteiger partial charge < -0.3 is 70.5 Å². The second-order valence-electron chi connectivity index (χ2n) is 36.2. The number of nitrogens with one attached hydrogen (secondary N) is 1. The normalized spacial score (nSPS) is 28.9. The molecule has 18 atom stereocenters. The third kappa shape index (κ3) is 25.8. The highest BCUT2D eigenvalue weighted by Crippen LogP contribution is 2.56. The zero-order valence-corrected chi connectivity index (χ0v) is 73.8. The summed E-state index contributed by atoms with van der Waals surface area (Å²) in [6.07, 6.45) is 6.20. The summed E-state index contributed by atoms with van der Waals surface area (Å²) in [5.41, 5.74) is 11.7. The van der Waals surface area contributed by atoms with Gasteiger partial charge in [-0.3, -0.25) is 34.4 Å². The second kappa shape index (κ2) is 44.7. The van der Waals surface area contributed by atoms with Gasteiger partial charge in [-0.05, 0) is 170 Å². The van der Waals surface area contributed by atoms with Gasteiger partial charge in [-0.15, -0.1) is 0 Å². The summed E-state index contributed by atoms with van der Waals surface area (Å²) < 4.78 is 27.6. The van der Waals surface area contributed by atoms with Crippen molar-refractivity contribution in [1.29, 1.82) is 0 Å². The summed E-state index contributed by atoms with van der Waals surface area (Å²) in [4.78, 5) is 119. The quantitative estimate of drug-likeness (QED) is 0.0339. The Morgan fingerprint density at radius 3 is 0.934 bits per heavy atom. The Kier molecular flexibility index (Phi) is 35.9. The molecular formula is C93H136F2N14O13. The first-order valence-corrected chi connectivity index (χ1v) is 43.6. The molecule has 10 amide bonds. The maximum atomic E-state index is 13.8. The molecule has 29 heteroatoms. The van der Waals surface area contributed by atoms with Crippen LogP contribution in [0.2, 0.25) is 0 Å². The Morgan fingerprint density at radius 1 is 0.426 bits per heavy atom. The average molecular weight is 1700 g/mol. The van der Waals surface area contributed by atoms with Crippen molar-refractivity contribution in [2.45, 2.75) is 191 Å². The van der Waals surface area contributed by atoms with Gasteiger partial charge in [-0.25, -0.2) is 50.7 Å². The number of nitrogens with two attached hydrogens (primary N) is 1. The molecule has 4 aliphatic carbocycles. The van der Waals surface area contributed by atoms with Gasteiger partial charge in [0.25, 0.3) is 0 Å². The van der Waals surface area contributed by atoms with E-state index in [4.69, 9.17) is 39.3 Å². The van der Waals surface area contributed by atoms with Gasteiger partial charge >= 0.3 is 48.4 Å². The lowest BCUT2D eigenvalue weighted by molar-refractivity contribution is -0.165. The molecule has 4 saturated carbocycles. The van der Waals surface area contributed by atoms with E-state index >= 15 is 0 Å². The highest BCUT2D eigenvalue weighted by atomic mass is 19.1. The number of carbonyl (C=O) groups excluding carboxylic acids is 6. The molecule has 4 aromatic rings. The molecule has 0 radical (unpaired) electrons. The summed E-state index contributed by atoms with van der Waals surface area (Å²) in [7, 11) is 14.4. The van der Waals surface area contributed by atoms with Gasteiger partial charge in [0.1, 0.15) is 12.3 Å². The van der Waals surface area contributed by atoms with Crippen LogP contribution in [0.5, 0.6) is 0 Å². The van der Waals surface area contributed by atoms with Crippen molar-refractivity contribution in [3.63, 3.8) is 0 Å². The number of fused-ring (bicyclic) bond motifs is 4. The number of aliphatic hydroxyl groups is 3. The number of benzene rings is 4. The predicted octanol–water partition coefficient (Wildman–Crippen LogP) is 11.1. The summed E-state index contributed by atoms with van der Waals surface area (Å²) in [6, 6.07) is 42.1. The molecular weight excluding hydrogens is 1560 g/mol. The topological polar surface area (TPSA) is 317 Å². The molecule has 670 valence electrons. The lowest BCUT2D eigenvalue weighted by Crippen LogP contribution is -2.47. The molecule has 6 aliphatic heterocycles. The molecule has 6 unspecified atom stereocenters. The molecule has 0 spiro atoms. The van der Waals surface area contributed by atoms with Crippen LogP contribution < -0.4 is 11.1 Å². The number of hydrogen-bond acceptors (Lipinski definition) is 13. The number of likely N-dealkylation sites (tertiary alicyclic amines) is 6. The molecule has 122 heavy (non-hydrogen) atoms. The number of urea groups is 4. The number of carboxylic acids is 2. The Hall–Kier alpha value is -9.52. The zero-order chi connectivity index (χ0) is 89.6. The van der Waals surface area contributed by atoms with Crippen LogP contribution in [0.4, 0.5) is 28.0 Å². The van der Waals surface area contributed by atoms with E-state index in [0.29, 0.717) is 60.2 Å². The Bertz CT molecular complexity index is 3920. The van der Waals surface area contributed by atoms with Crippen LogP contribution in [0.25, 0.3) is 9.69 Å². The number of carboxylic acid groups (broad SMARTS) is 2. The fourth-order valence-electron chi connectivity index (χ4n) is 21.2. The highest BCUT2D eigenvalue weighted by molar-refractivity contribution is 5.83. The number of carbonyl (C=O) groups is 8. The number of alkyl halides is 2. The van der Waals surface area contributed by atoms with E-state index in [9.17, 15) is 52.2 Å². The monoisotopic (exact) mass is 1700 g/mol. The van der Waals surface area contributed by atoms with Gasteiger partial charge in [0.05, 0.1) is 32.7 Å². The maximum Gasteiger partial charge on any atom is 0.335 e. The largest absolute Gasteiger partial charge is 0.479 e. The van der Waals surface area contributed by atoms with Gasteiger partial charge in [0.2, 0.25) is 11.8 Å². The van der Waals surface area contributed by atoms with Crippen molar-refractivity contribution in [3.05, 3.63) is 166 Å². The van der Waals surface area contributed by atoms with Crippen molar-refractivity contribution < 1.29 is 72.7 Å². The number of hydrogen-bond donors (Lipinski definition) is 7. The van der Waals surface area contributed by atoms with E-state index in [1.807, 2.05) is 124 Å². The molecule has 8 N–H and O–H groups in total. The minimum absolute atomic E-state index is 0.00203. The smallest absolute Gasteiger partial charge is 0.335 e.